The fourth-order valence-corrected chi connectivity index (χ4v) is 2.55. The number of hydrogen-bond donors (Lipinski definition) is 0. The molecule has 0 N–H and O–H groups in total. The first kappa shape index (κ1) is 11.3. The molecule has 72 valence electrons. The molecule has 0 spiro atoms. The lowest BCUT2D eigenvalue weighted by Crippen LogP contribution is -1.99. The molecule has 0 atom stereocenters. The summed E-state index contributed by atoms with van der Waals surface area (Å²) < 4.78 is 25.6. The van der Waals surface area contributed by atoms with E-state index in [1.807, 2.05) is 22.6 Å². The molecule has 0 fully saturated rings. The molecule has 0 saturated carbocycles. The molecule has 0 aliphatic heterocycles. The molecular formula is C8H7BrF2IN. The van der Waals surface area contributed by atoms with Crippen LogP contribution >= 0.6 is 38.5 Å². The van der Waals surface area contributed by atoms with Crippen LogP contribution in [0.4, 0.5) is 8.78 Å². The molecule has 1 aromatic rings. The quantitative estimate of drug-likeness (QED) is 0.576. The number of aromatic nitrogens is 1. The van der Waals surface area contributed by atoms with E-state index in [9.17, 15) is 8.78 Å². The molecule has 1 nitrogen and oxygen atoms in total. The van der Waals surface area contributed by atoms with E-state index in [4.69, 9.17) is 0 Å². The summed E-state index contributed by atoms with van der Waals surface area (Å²) in [5, 5.41) is 0.593. The fourth-order valence-electron chi connectivity index (χ4n) is 0.957. The summed E-state index contributed by atoms with van der Waals surface area (Å²) in [6.07, 6.45) is -1.19. The van der Waals surface area contributed by atoms with E-state index in [1.54, 1.807) is 6.92 Å². The minimum absolute atomic E-state index is 0.0223. The summed E-state index contributed by atoms with van der Waals surface area (Å²) in [5.41, 5.74) is 1.46. The van der Waals surface area contributed by atoms with Crippen molar-refractivity contribution in [1.29, 1.82) is 0 Å². The largest absolute Gasteiger partial charge is 0.265 e. The third-order valence-electron chi connectivity index (χ3n) is 1.74. The molecule has 0 unspecified atom stereocenters. The summed E-state index contributed by atoms with van der Waals surface area (Å²) in [7, 11) is 0. The molecule has 0 saturated heterocycles. The second-order valence-electron chi connectivity index (χ2n) is 2.53. The van der Waals surface area contributed by atoms with E-state index in [-0.39, 0.29) is 5.56 Å². The lowest BCUT2D eigenvalue weighted by molar-refractivity contribution is 0.150. The van der Waals surface area contributed by atoms with Crippen LogP contribution in [0.5, 0.6) is 0 Å². The maximum atomic E-state index is 12.4. The summed E-state index contributed by atoms with van der Waals surface area (Å²) in [6.45, 7) is 1.69. The lowest BCUT2D eigenvalue weighted by atomic mass is 10.1. The molecule has 5 heteroatoms. The first-order valence-corrected chi connectivity index (χ1v) is 5.76. The predicted octanol–water partition coefficient (Wildman–Crippen LogP) is 3.83. The fraction of sp³-hybridized carbons (Fsp3) is 0.375. The lowest BCUT2D eigenvalue weighted by Gasteiger charge is -2.08. The van der Waals surface area contributed by atoms with Gasteiger partial charge in [0.2, 0.25) is 0 Å². The summed E-state index contributed by atoms with van der Waals surface area (Å²) in [4.78, 5) is 3.94. The van der Waals surface area contributed by atoms with E-state index in [0.29, 0.717) is 10.9 Å². The Kier molecular flexibility index (Phi) is 4.03. The maximum Gasteiger partial charge on any atom is 0.265 e. The minimum atomic E-state index is -2.44. The van der Waals surface area contributed by atoms with E-state index in [0.717, 1.165) is 9.26 Å². The van der Waals surface area contributed by atoms with Gasteiger partial charge in [-0.05, 0) is 35.1 Å². The van der Waals surface area contributed by atoms with Crippen molar-refractivity contribution in [3.05, 3.63) is 26.6 Å². The van der Waals surface area contributed by atoms with Gasteiger partial charge in [0.25, 0.3) is 6.43 Å². The smallest absolute Gasteiger partial charge is 0.259 e. The molecule has 0 bridgehead atoms. The van der Waals surface area contributed by atoms with Gasteiger partial charge in [0.05, 0.1) is 5.69 Å². The Bertz CT molecular complexity index is 317. The first-order valence-electron chi connectivity index (χ1n) is 3.56. The summed E-state index contributed by atoms with van der Waals surface area (Å²) in [6, 6.07) is 0. The Hall–Kier alpha value is 0.220. The SMILES string of the molecule is Cc1c(C(F)F)cnc(CBr)c1I. The van der Waals surface area contributed by atoms with Crippen LogP contribution < -0.4 is 0 Å². The molecule has 0 radical (unpaired) electrons. The molecule has 0 aliphatic carbocycles. The van der Waals surface area contributed by atoms with Crippen molar-refractivity contribution in [3.63, 3.8) is 0 Å². The van der Waals surface area contributed by atoms with Crippen LogP contribution in [0, 0.1) is 10.5 Å². The Morgan fingerprint density at radius 2 is 2.23 bits per heavy atom. The molecule has 1 rings (SSSR count). The Morgan fingerprint density at radius 3 is 2.69 bits per heavy atom. The van der Waals surface area contributed by atoms with Gasteiger partial charge in [0, 0.05) is 20.7 Å². The highest BCUT2D eigenvalue weighted by Crippen LogP contribution is 2.27. The third kappa shape index (κ3) is 2.37. The topological polar surface area (TPSA) is 12.9 Å². The second kappa shape index (κ2) is 4.63. The number of alkyl halides is 3. The monoisotopic (exact) mass is 361 g/mol. The van der Waals surface area contributed by atoms with Gasteiger partial charge in [-0.3, -0.25) is 4.98 Å². The first-order chi connectivity index (χ1) is 6.07. The van der Waals surface area contributed by atoms with Gasteiger partial charge < -0.3 is 0 Å². The molecule has 0 aliphatic rings. The van der Waals surface area contributed by atoms with Crippen molar-refractivity contribution in [3.8, 4) is 0 Å². The van der Waals surface area contributed by atoms with Gasteiger partial charge in [-0.15, -0.1) is 0 Å². The van der Waals surface area contributed by atoms with Crippen LogP contribution in [-0.2, 0) is 5.33 Å². The zero-order chi connectivity index (χ0) is 10.0. The Labute approximate surface area is 97.2 Å². The van der Waals surface area contributed by atoms with E-state index in [2.05, 4.69) is 20.9 Å². The number of pyridine rings is 1. The average Bonchev–Trinajstić information content (AvgIpc) is 2.09. The Morgan fingerprint density at radius 1 is 1.62 bits per heavy atom. The van der Waals surface area contributed by atoms with Gasteiger partial charge in [0.1, 0.15) is 0 Å². The summed E-state index contributed by atoms with van der Waals surface area (Å²) >= 11 is 5.29. The van der Waals surface area contributed by atoms with Crippen molar-refractivity contribution >= 4 is 38.5 Å². The van der Waals surface area contributed by atoms with Gasteiger partial charge in [-0.25, -0.2) is 8.78 Å². The second-order valence-corrected chi connectivity index (χ2v) is 4.17. The van der Waals surface area contributed by atoms with Gasteiger partial charge in [-0.2, -0.15) is 0 Å². The van der Waals surface area contributed by atoms with Crippen molar-refractivity contribution in [2.75, 3.05) is 0 Å². The highest BCUT2D eigenvalue weighted by atomic mass is 127. The van der Waals surface area contributed by atoms with Crippen LogP contribution in [0.2, 0.25) is 0 Å². The number of hydrogen-bond acceptors (Lipinski definition) is 1. The average molecular weight is 362 g/mol. The standard InChI is InChI=1S/C8H7BrF2IN/c1-4-5(8(10)11)3-13-6(2-9)7(4)12/h3,8H,2H2,1H3. The number of rotatable bonds is 2. The molecule has 13 heavy (non-hydrogen) atoms. The van der Waals surface area contributed by atoms with Crippen LogP contribution in [0.3, 0.4) is 0 Å². The molecule has 0 amide bonds. The molecule has 1 heterocycles. The zero-order valence-corrected chi connectivity index (χ0v) is 10.6. The van der Waals surface area contributed by atoms with E-state index in [1.165, 1.54) is 6.20 Å². The van der Waals surface area contributed by atoms with Crippen molar-refractivity contribution in [1.82, 2.24) is 4.98 Å². The number of nitrogens with zero attached hydrogens (tertiary/aromatic N) is 1. The van der Waals surface area contributed by atoms with Gasteiger partial charge >= 0.3 is 0 Å². The van der Waals surface area contributed by atoms with Crippen molar-refractivity contribution in [2.45, 2.75) is 18.7 Å². The Balaban J connectivity index is 3.23. The normalized spacial score (nSPS) is 10.9. The number of halogens is 4. The van der Waals surface area contributed by atoms with Crippen LogP contribution in [0.15, 0.2) is 6.20 Å². The van der Waals surface area contributed by atoms with Crippen molar-refractivity contribution < 1.29 is 8.78 Å². The highest BCUT2D eigenvalue weighted by molar-refractivity contribution is 14.1. The minimum Gasteiger partial charge on any atom is -0.259 e. The van der Waals surface area contributed by atoms with E-state index >= 15 is 0 Å². The molecular weight excluding hydrogens is 355 g/mol. The maximum absolute atomic E-state index is 12.4. The van der Waals surface area contributed by atoms with E-state index < -0.39 is 6.43 Å². The van der Waals surface area contributed by atoms with Crippen LogP contribution in [-0.4, -0.2) is 4.98 Å². The molecule has 1 aromatic heterocycles. The zero-order valence-electron chi connectivity index (χ0n) is 6.82. The third-order valence-corrected chi connectivity index (χ3v) is 3.70. The van der Waals surface area contributed by atoms with Gasteiger partial charge in [-0.1, -0.05) is 15.9 Å². The predicted molar refractivity (Wildman–Crippen MR) is 59.3 cm³/mol. The molecule has 0 aromatic carbocycles. The van der Waals surface area contributed by atoms with Crippen LogP contribution in [0.1, 0.15) is 23.2 Å². The summed E-state index contributed by atoms with van der Waals surface area (Å²) in [5.74, 6) is 0. The highest BCUT2D eigenvalue weighted by Gasteiger charge is 2.15. The van der Waals surface area contributed by atoms with Crippen molar-refractivity contribution in [2.24, 2.45) is 0 Å². The van der Waals surface area contributed by atoms with Gasteiger partial charge in [0.15, 0.2) is 0 Å². The van der Waals surface area contributed by atoms with Crippen LogP contribution in [0.25, 0.3) is 0 Å².